The van der Waals surface area contributed by atoms with Crippen LogP contribution in [-0.2, 0) is 47.9 Å². The number of amides is 9. The monoisotopic (exact) mass is 991 g/mol. The van der Waals surface area contributed by atoms with Gasteiger partial charge in [-0.2, -0.15) is 0 Å². The molecule has 1 aromatic carbocycles. The molecule has 0 radical (unpaired) electrons. The number of carbonyl (C=O) groups is 10. The SMILES string of the molecule is CC[C@H](C)[C@H](NC(=O)CNC(=O)[C@H](CCC(N)=O)NC(=O)[C@@H]1CCCN1c1ccc([N+](=O)[O-])cc1[N+](=O)[O-])C(=O)N[C@H](C)C(=O)NCC(=O)N[C@@H](CCC(N)=O)C(=O)N[C@H](CCCN=C(N)N)C(=O)O. The topological polar surface area (TPSA) is 481 Å². The van der Waals surface area contributed by atoms with Crippen molar-refractivity contribution in [2.24, 2.45) is 33.8 Å². The number of nitro groups is 2. The number of aliphatic carboxylic acids is 1. The summed E-state index contributed by atoms with van der Waals surface area (Å²) in [6.07, 6.45) is -0.442. The van der Waals surface area contributed by atoms with Crippen molar-refractivity contribution >= 4 is 82.2 Å². The fraction of sp³-hybridized carbons (Fsp3) is 0.575. The summed E-state index contributed by atoms with van der Waals surface area (Å²) < 4.78 is 0. The second-order valence-electron chi connectivity index (χ2n) is 16.2. The summed E-state index contributed by atoms with van der Waals surface area (Å²) in [4.78, 5) is 154. The summed E-state index contributed by atoms with van der Waals surface area (Å²) in [7, 11) is 0. The molecule has 386 valence electrons. The van der Waals surface area contributed by atoms with E-state index in [2.05, 4.69) is 42.2 Å². The van der Waals surface area contributed by atoms with Crippen LogP contribution in [0.5, 0.6) is 0 Å². The van der Waals surface area contributed by atoms with Gasteiger partial charge in [-0.25, -0.2) is 4.79 Å². The van der Waals surface area contributed by atoms with E-state index >= 15 is 0 Å². The largest absolute Gasteiger partial charge is 0.480 e. The van der Waals surface area contributed by atoms with Crippen LogP contribution < -0.4 is 65.1 Å². The van der Waals surface area contributed by atoms with Crippen molar-refractivity contribution in [3.05, 3.63) is 38.4 Å². The Hall–Kier alpha value is -8.21. The third-order valence-electron chi connectivity index (χ3n) is 10.8. The first kappa shape index (κ1) is 57.9. The number of nitro benzene ring substituents is 2. The lowest BCUT2D eigenvalue weighted by molar-refractivity contribution is -0.393. The van der Waals surface area contributed by atoms with Crippen LogP contribution in [-0.4, -0.2) is 142 Å². The van der Waals surface area contributed by atoms with Gasteiger partial charge < -0.3 is 70.2 Å². The van der Waals surface area contributed by atoms with E-state index in [0.717, 1.165) is 18.2 Å². The standard InChI is InChI=1S/C40H61N15O15/c1-4-20(2)33(38(64)48-21(3)34(60)46-18-31(58)49-24(11-14-30(42)57)36(62)51-25(39(65)66)7-5-15-45-40(43)44)52-32(59)19-47-35(61)23(10-13-29(41)56)50-37(63)27-8-6-16-53(27)26-12-9-22(54(67)68)17-28(26)55(69)70/h9,12,17,20-21,23-25,27,33H,4-8,10-11,13-16,18-19H2,1-3H3,(H2,41,56)(H2,42,57)(H,46,60)(H,47,61)(H,48,64)(H,49,58)(H,50,63)(H,51,62)(H,52,59)(H,65,66)(H4,43,44,45)/t20-,21+,23-,24-,25+,27-,33-/m0/s1. The summed E-state index contributed by atoms with van der Waals surface area (Å²) in [5.41, 5.74) is 19.8. The van der Waals surface area contributed by atoms with Crippen LogP contribution >= 0.6 is 0 Å². The highest BCUT2D eigenvalue weighted by molar-refractivity contribution is 5.97. The number of rotatable bonds is 30. The van der Waals surface area contributed by atoms with Crippen molar-refractivity contribution in [3.63, 3.8) is 0 Å². The molecule has 1 heterocycles. The van der Waals surface area contributed by atoms with Crippen LogP contribution in [0.3, 0.4) is 0 Å². The van der Waals surface area contributed by atoms with Gasteiger partial charge in [0.1, 0.15) is 41.9 Å². The number of non-ortho nitro benzene ring substituents is 1. The van der Waals surface area contributed by atoms with E-state index in [0.29, 0.717) is 12.8 Å². The maximum Gasteiger partial charge on any atom is 0.326 e. The quantitative estimate of drug-likeness (QED) is 0.0114. The minimum Gasteiger partial charge on any atom is -0.480 e. The summed E-state index contributed by atoms with van der Waals surface area (Å²) in [5.74, 6) is -10.0. The number of aliphatic imine (C=N–C) groups is 1. The summed E-state index contributed by atoms with van der Waals surface area (Å²) >= 11 is 0. The number of anilines is 1. The number of guanidine groups is 1. The maximum absolute atomic E-state index is 13.6. The Morgan fingerprint density at radius 3 is 1.89 bits per heavy atom. The van der Waals surface area contributed by atoms with Crippen molar-refractivity contribution in [2.75, 3.05) is 31.1 Å². The van der Waals surface area contributed by atoms with E-state index in [9.17, 15) is 73.3 Å². The van der Waals surface area contributed by atoms with E-state index in [-0.39, 0.29) is 69.7 Å². The highest BCUT2D eigenvalue weighted by atomic mass is 16.6. The molecule has 0 aromatic heterocycles. The van der Waals surface area contributed by atoms with Gasteiger partial charge in [-0.05, 0) is 57.4 Å². The molecule has 0 unspecified atom stereocenters. The Kier molecular flexibility index (Phi) is 23.3. The second-order valence-corrected chi connectivity index (χ2v) is 16.2. The molecule has 1 saturated heterocycles. The number of hydrogen-bond acceptors (Lipinski definition) is 16. The number of hydrogen-bond donors (Lipinski definition) is 12. The third-order valence-corrected chi connectivity index (χ3v) is 10.8. The Morgan fingerprint density at radius 1 is 0.757 bits per heavy atom. The van der Waals surface area contributed by atoms with Crippen molar-refractivity contribution in [3.8, 4) is 0 Å². The van der Waals surface area contributed by atoms with Gasteiger partial charge in [0, 0.05) is 32.0 Å². The lowest BCUT2D eigenvalue weighted by atomic mass is 9.98. The number of nitrogens with one attached hydrogen (secondary N) is 7. The minimum absolute atomic E-state index is 0.0703. The predicted octanol–water partition coefficient (Wildman–Crippen LogP) is -4.14. The number of benzene rings is 1. The molecule has 0 spiro atoms. The number of nitrogens with two attached hydrogens (primary N) is 4. The second kappa shape index (κ2) is 28.2. The van der Waals surface area contributed by atoms with Gasteiger partial charge in [0.05, 0.1) is 29.0 Å². The predicted molar refractivity (Wildman–Crippen MR) is 245 cm³/mol. The fourth-order valence-electron chi connectivity index (χ4n) is 6.91. The van der Waals surface area contributed by atoms with Gasteiger partial charge in [-0.1, -0.05) is 20.3 Å². The Morgan fingerprint density at radius 2 is 1.34 bits per heavy atom. The average molecular weight is 992 g/mol. The molecule has 2 rings (SSSR count). The Bertz CT molecular complexity index is 2170. The molecule has 70 heavy (non-hydrogen) atoms. The van der Waals surface area contributed by atoms with Gasteiger partial charge in [0.2, 0.25) is 53.2 Å². The maximum atomic E-state index is 13.6. The lowest BCUT2D eigenvalue weighted by Crippen LogP contribution is -2.57. The molecule has 30 heteroatoms. The highest BCUT2D eigenvalue weighted by Gasteiger charge is 2.37. The number of nitrogens with zero attached hydrogens (tertiary/aromatic N) is 4. The first-order valence-corrected chi connectivity index (χ1v) is 22.0. The molecule has 1 aromatic rings. The zero-order chi connectivity index (χ0) is 52.8. The Labute approximate surface area is 399 Å². The lowest BCUT2D eigenvalue weighted by Gasteiger charge is -2.27. The van der Waals surface area contributed by atoms with Crippen LogP contribution in [0, 0.1) is 26.1 Å². The first-order chi connectivity index (χ1) is 32.9. The van der Waals surface area contributed by atoms with Crippen LogP contribution in [0.2, 0.25) is 0 Å². The first-order valence-electron chi connectivity index (χ1n) is 22.0. The summed E-state index contributed by atoms with van der Waals surface area (Å²) in [5, 5.41) is 49.2. The molecule has 30 nitrogen and oxygen atoms in total. The average Bonchev–Trinajstić information content (AvgIpc) is 3.79. The molecule has 7 atom stereocenters. The van der Waals surface area contributed by atoms with Crippen LogP contribution in [0.15, 0.2) is 23.2 Å². The highest BCUT2D eigenvalue weighted by Crippen LogP contribution is 2.36. The number of primary amides is 2. The van der Waals surface area contributed by atoms with Crippen molar-refractivity contribution < 1.29 is 62.9 Å². The minimum atomic E-state index is -1.45. The van der Waals surface area contributed by atoms with Crippen molar-refractivity contribution in [1.82, 2.24) is 37.2 Å². The van der Waals surface area contributed by atoms with Crippen LogP contribution in [0.1, 0.15) is 78.6 Å². The van der Waals surface area contributed by atoms with Gasteiger partial charge in [0.25, 0.3) is 11.4 Å². The molecule has 0 bridgehead atoms. The molecule has 1 aliphatic heterocycles. The van der Waals surface area contributed by atoms with Crippen molar-refractivity contribution in [2.45, 2.75) is 115 Å². The summed E-state index contributed by atoms with van der Waals surface area (Å²) in [6, 6.07) is -5.03. The van der Waals surface area contributed by atoms with E-state index in [1.807, 2.05) is 0 Å². The van der Waals surface area contributed by atoms with Gasteiger partial charge in [0.15, 0.2) is 5.96 Å². The zero-order valence-corrected chi connectivity index (χ0v) is 38.7. The van der Waals surface area contributed by atoms with E-state index in [1.54, 1.807) is 13.8 Å². The fourth-order valence-corrected chi connectivity index (χ4v) is 6.91. The third kappa shape index (κ3) is 19.2. The van der Waals surface area contributed by atoms with Crippen LogP contribution in [0.4, 0.5) is 17.1 Å². The molecule has 1 fully saturated rings. The van der Waals surface area contributed by atoms with Gasteiger partial charge in [-0.15, -0.1) is 0 Å². The number of carboxylic acid groups (broad SMARTS) is 1. The number of carboxylic acids is 1. The van der Waals surface area contributed by atoms with Gasteiger partial charge >= 0.3 is 5.97 Å². The smallest absolute Gasteiger partial charge is 0.326 e. The molecule has 9 amide bonds. The normalized spacial score (nSPS) is 15.5. The molecular weight excluding hydrogens is 931 g/mol. The van der Waals surface area contributed by atoms with Gasteiger partial charge in [-0.3, -0.25) is 68.4 Å². The molecule has 1 aliphatic rings. The van der Waals surface area contributed by atoms with E-state index in [1.165, 1.54) is 11.8 Å². The van der Waals surface area contributed by atoms with Crippen LogP contribution in [0.25, 0.3) is 0 Å². The molecular formula is C40H61N15O15. The van der Waals surface area contributed by atoms with E-state index < -0.39 is 136 Å². The van der Waals surface area contributed by atoms with E-state index in [4.69, 9.17) is 22.9 Å². The molecule has 0 aliphatic carbocycles. The summed E-state index contributed by atoms with van der Waals surface area (Å²) in [6.45, 7) is 3.32. The Balaban J connectivity index is 2.06. The number of carbonyl (C=O) groups excluding carboxylic acids is 9. The zero-order valence-electron chi connectivity index (χ0n) is 38.7. The molecule has 16 N–H and O–H groups in total. The molecule has 0 saturated carbocycles. The van der Waals surface area contributed by atoms with Crippen molar-refractivity contribution in [1.29, 1.82) is 0 Å².